The molecule has 1 aromatic heterocycles. The van der Waals surface area contributed by atoms with Crippen molar-refractivity contribution in [2.75, 3.05) is 52.4 Å². The average Bonchev–Trinajstić information content (AvgIpc) is 3.43. The number of rotatable bonds is 8. The molecule has 43 heavy (non-hydrogen) atoms. The first-order valence-electron chi connectivity index (χ1n) is 15.4. The van der Waals surface area contributed by atoms with Gasteiger partial charge in [0.15, 0.2) is 0 Å². The zero-order valence-corrected chi connectivity index (χ0v) is 26.5. The van der Waals surface area contributed by atoms with Crippen LogP contribution in [0.2, 0.25) is 0 Å². The molecule has 234 valence electrons. The number of carbonyl (C=O) groups is 1. The average molecular weight is 616 g/mol. The first-order chi connectivity index (χ1) is 20.5. The summed E-state index contributed by atoms with van der Waals surface area (Å²) in [6.45, 7) is 14.6. The van der Waals surface area contributed by atoms with E-state index in [1.165, 1.54) is 10.9 Å². The molecule has 1 aromatic carbocycles. The van der Waals surface area contributed by atoms with Gasteiger partial charge in [0.05, 0.1) is 18.8 Å². The third-order valence-corrected chi connectivity index (χ3v) is 9.07. The van der Waals surface area contributed by atoms with E-state index in [1.807, 2.05) is 18.2 Å². The maximum Gasteiger partial charge on any atom is 0.341 e. The predicted octanol–water partition coefficient (Wildman–Crippen LogP) is 6.60. The molecular weight excluding hydrogens is 572 g/mol. The van der Waals surface area contributed by atoms with Crippen molar-refractivity contribution in [1.82, 2.24) is 24.5 Å². The molecule has 2 unspecified atom stereocenters. The number of piperidine rings is 1. The zero-order chi connectivity index (χ0) is 30.8. The van der Waals surface area contributed by atoms with Crippen molar-refractivity contribution in [2.24, 2.45) is 5.41 Å². The molecule has 0 radical (unpaired) electrons. The summed E-state index contributed by atoms with van der Waals surface area (Å²) < 4.78 is 35.0. The number of piperazine rings is 1. The molecule has 2 atom stereocenters. The third-order valence-electron chi connectivity index (χ3n) is 8.57. The van der Waals surface area contributed by atoms with E-state index in [1.54, 1.807) is 6.92 Å². The number of carbonyl (C=O) groups excluding carboxylic acids is 1. The van der Waals surface area contributed by atoms with Gasteiger partial charge >= 0.3 is 5.97 Å². The quantitative estimate of drug-likeness (QED) is 0.189. The van der Waals surface area contributed by atoms with Gasteiger partial charge in [0.25, 0.3) is 6.43 Å². The van der Waals surface area contributed by atoms with Crippen LogP contribution < -0.4 is 0 Å². The number of nitrogens with zero attached hydrogens (tertiary/aromatic N) is 5. The van der Waals surface area contributed by atoms with Crippen molar-refractivity contribution >= 4 is 23.1 Å². The summed E-state index contributed by atoms with van der Waals surface area (Å²) in [7, 11) is 0. The molecule has 0 N–H and O–H groups in total. The van der Waals surface area contributed by atoms with Crippen LogP contribution in [0.4, 0.5) is 8.78 Å². The van der Waals surface area contributed by atoms with Crippen LogP contribution in [0.25, 0.3) is 5.57 Å². The topological polar surface area (TPSA) is 53.8 Å². The maximum atomic E-state index is 14.3. The molecule has 0 spiro atoms. The summed E-state index contributed by atoms with van der Waals surface area (Å²) in [6.07, 6.45) is 4.75. The molecule has 3 heterocycles. The van der Waals surface area contributed by atoms with Crippen LogP contribution in [0.5, 0.6) is 0 Å². The Labute approximate surface area is 259 Å². The molecule has 0 saturated carbocycles. The summed E-state index contributed by atoms with van der Waals surface area (Å²) >= 11 is 7.48. The molecule has 0 bridgehead atoms. The predicted molar refractivity (Wildman–Crippen MR) is 166 cm³/mol. The van der Waals surface area contributed by atoms with Crippen LogP contribution >= 0.6 is 11.6 Å². The molecule has 2 aromatic rings. The van der Waals surface area contributed by atoms with E-state index in [4.69, 9.17) is 16.3 Å². The van der Waals surface area contributed by atoms with E-state index in [0.717, 1.165) is 62.5 Å². The highest BCUT2D eigenvalue weighted by atomic mass is 35.5. The van der Waals surface area contributed by atoms with E-state index < -0.39 is 17.4 Å². The SMILES string of the molecule is CCOC(=O)c1cnn(C2CCCN(C3=C(c4ccccc4)C=CC(Cl)(N4CCN(CC(C)(C)C)CC4)C3)C2)c1C(F)F. The van der Waals surface area contributed by atoms with Gasteiger partial charge in [-0.2, -0.15) is 5.10 Å². The van der Waals surface area contributed by atoms with Gasteiger partial charge in [-0.05, 0) is 36.8 Å². The van der Waals surface area contributed by atoms with Crippen molar-refractivity contribution in [3.8, 4) is 0 Å². The van der Waals surface area contributed by atoms with Crippen molar-refractivity contribution in [3.05, 3.63) is 71.2 Å². The minimum Gasteiger partial charge on any atom is -0.462 e. The number of allylic oxidation sites excluding steroid dienone is 2. The Bertz CT molecular complexity index is 1330. The molecular formula is C33H44ClF2N5O2. The van der Waals surface area contributed by atoms with Crippen LogP contribution in [0, 0.1) is 5.41 Å². The van der Waals surface area contributed by atoms with Gasteiger partial charge in [-0.1, -0.05) is 68.8 Å². The van der Waals surface area contributed by atoms with Gasteiger partial charge in [-0.3, -0.25) is 9.58 Å². The number of ether oxygens (including phenoxy) is 1. The van der Waals surface area contributed by atoms with Crippen molar-refractivity contribution in [1.29, 1.82) is 0 Å². The molecule has 2 saturated heterocycles. The fourth-order valence-corrected chi connectivity index (χ4v) is 7.03. The lowest BCUT2D eigenvalue weighted by Crippen LogP contribution is -2.56. The van der Waals surface area contributed by atoms with Gasteiger partial charge in [0, 0.05) is 63.5 Å². The second-order valence-corrected chi connectivity index (χ2v) is 13.7. The second-order valence-electron chi connectivity index (χ2n) is 13.0. The fourth-order valence-electron chi connectivity index (χ4n) is 6.67. The summed E-state index contributed by atoms with van der Waals surface area (Å²) in [5.41, 5.74) is 3.02. The van der Waals surface area contributed by atoms with Gasteiger partial charge in [-0.25, -0.2) is 13.6 Å². The second kappa shape index (κ2) is 13.1. The number of hydrogen-bond acceptors (Lipinski definition) is 6. The maximum absolute atomic E-state index is 14.3. The molecule has 1 aliphatic carbocycles. The smallest absolute Gasteiger partial charge is 0.341 e. The minimum absolute atomic E-state index is 0.111. The molecule has 2 aliphatic heterocycles. The Morgan fingerprint density at radius 1 is 1.14 bits per heavy atom. The van der Waals surface area contributed by atoms with Crippen molar-refractivity contribution in [2.45, 2.75) is 64.4 Å². The Hall–Kier alpha value is -2.75. The Morgan fingerprint density at radius 2 is 1.86 bits per heavy atom. The lowest BCUT2D eigenvalue weighted by atomic mass is 9.90. The van der Waals surface area contributed by atoms with E-state index in [-0.39, 0.29) is 29.3 Å². The van der Waals surface area contributed by atoms with E-state index >= 15 is 0 Å². The lowest BCUT2D eigenvalue weighted by molar-refractivity contribution is 0.0511. The fraction of sp³-hybridized carbons (Fsp3) is 0.576. The number of alkyl halides is 3. The summed E-state index contributed by atoms with van der Waals surface area (Å²) in [6, 6.07) is 9.94. The first-order valence-corrected chi connectivity index (χ1v) is 15.8. The van der Waals surface area contributed by atoms with E-state index in [2.05, 4.69) is 64.9 Å². The molecule has 5 rings (SSSR count). The zero-order valence-electron chi connectivity index (χ0n) is 25.7. The van der Waals surface area contributed by atoms with Gasteiger partial charge in [0.2, 0.25) is 0 Å². The molecule has 7 nitrogen and oxygen atoms in total. The minimum atomic E-state index is -2.85. The molecule has 3 aliphatic rings. The highest BCUT2D eigenvalue weighted by Crippen LogP contribution is 2.42. The van der Waals surface area contributed by atoms with Gasteiger partial charge in [-0.15, -0.1) is 0 Å². The lowest BCUT2D eigenvalue weighted by Gasteiger charge is -2.47. The van der Waals surface area contributed by atoms with Crippen LogP contribution in [0.15, 0.2) is 54.4 Å². The number of aromatic nitrogens is 2. The van der Waals surface area contributed by atoms with E-state index in [9.17, 15) is 13.6 Å². The normalized spacial score (nSPS) is 24.2. The van der Waals surface area contributed by atoms with Crippen LogP contribution in [0.3, 0.4) is 0 Å². The van der Waals surface area contributed by atoms with Crippen LogP contribution in [-0.4, -0.2) is 87.9 Å². The summed E-state index contributed by atoms with van der Waals surface area (Å²) in [4.78, 5) is 18.9. The summed E-state index contributed by atoms with van der Waals surface area (Å²) in [5.74, 6) is -0.766. The largest absolute Gasteiger partial charge is 0.462 e. The number of halogens is 3. The molecule has 0 amide bonds. The molecule has 10 heteroatoms. The standard InChI is InChI=1S/C33H44ClF2N5O2/c1-5-43-31(42)27-21-37-41(29(27)30(35)36)25-12-9-15-39(22-25)28-20-33(34,14-13-26(28)24-10-7-6-8-11-24)40-18-16-38(17-19-40)23-32(2,3)4/h6-8,10-11,13-14,21,25,30H,5,9,12,15-20,22-23H2,1-4H3. The third kappa shape index (κ3) is 7.15. The summed E-state index contributed by atoms with van der Waals surface area (Å²) in [5, 5.41) is 4.30. The molecule has 2 fully saturated rings. The van der Waals surface area contributed by atoms with Crippen LogP contribution in [-0.2, 0) is 4.74 Å². The number of hydrogen-bond donors (Lipinski definition) is 0. The van der Waals surface area contributed by atoms with Crippen molar-refractivity contribution in [3.63, 3.8) is 0 Å². The highest BCUT2D eigenvalue weighted by Gasteiger charge is 2.41. The van der Waals surface area contributed by atoms with Crippen molar-refractivity contribution < 1.29 is 18.3 Å². The Balaban J connectivity index is 1.42. The van der Waals surface area contributed by atoms with Crippen LogP contribution in [0.1, 0.15) is 81.0 Å². The van der Waals surface area contributed by atoms with Gasteiger partial charge < -0.3 is 14.5 Å². The van der Waals surface area contributed by atoms with Gasteiger partial charge in [0.1, 0.15) is 16.3 Å². The van der Waals surface area contributed by atoms with E-state index in [0.29, 0.717) is 19.4 Å². The highest BCUT2D eigenvalue weighted by molar-refractivity contribution is 6.25. The Kier molecular flexibility index (Phi) is 9.64. The first kappa shape index (κ1) is 31.7. The number of likely N-dealkylation sites (tertiary alicyclic amines) is 1. The number of esters is 1. The monoisotopic (exact) mass is 615 g/mol. The Morgan fingerprint density at radius 3 is 2.51 bits per heavy atom. The number of benzene rings is 1.